The molecule has 148 valence electrons. The summed E-state index contributed by atoms with van der Waals surface area (Å²) < 4.78 is 5.39. The van der Waals surface area contributed by atoms with Crippen molar-refractivity contribution < 1.29 is 9.53 Å². The highest BCUT2D eigenvalue weighted by molar-refractivity contribution is 5.89. The van der Waals surface area contributed by atoms with E-state index in [9.17, 15) is 4.79 Å². The molecule has 0 radical (unpaired) electrons. The first-order valence-corrected chi connectivity index (χ1v) is 9.74. The molecule has 2 aliphatic rings. The predicted molar refractivity (Wildman–Crippen MR) is 108 cm³/mol. The Hall–Kier alpha value is -2.67. The zero-order chi connectivity index (χ0) is 19.7. The van der Waals surface area contributed by atoms with Gasteiger partial charge in [0, 0.05) is 30.5 Å². The number of rotatable bonds is 2. The van der Waals surface area contributed by atoms with E-state index >= 15 is 0 Å². The van der Waals surface area contributed by atoms with Gasteiger partial charge in [-0.3, -0.25) is 0 Å². The number of urea groups is 1. The monoisotopic (exact) mass is 381 g/mol. The number of amides is 2. The van der Waals surface area contributed by atoms with Crippen LogP contribution >= 0.6 is 0 Å². The van der Waals surface area contributed by atoms with E-state index in [-0.39, 0.29) is 11.4 Å². The Bertz CT molecular complexity index is 854. The molecule has 1 N–H and O–H groups in total. The Labute approximate surface area is 165 Å². The lowest BCUT2D eigenvalue weighted by Crippen LogP contribution is -2.37. The Kier molecular flexibility index (Phi) is 4.93. The van der Waals surface area contributed by atoms with Gasteiger partial charge in [0.15, 0.2) is 0 Å². The van der Waals surface area contributed by atoms with Crippen molar-refractivity contribution in [1.29, 1.82) is 0 Å². The molecule has 1 aromatic heterocycles. The molecule has 0 atom stereocenters. The van der Waals surface area contributed by atoms with Gasteiger partial charge in [-0.1, -0.05) is 32.9 Å². The molecule has 28 heavy (non-hydrogen) atoms. The van der Waals surface area contributed by atoms with Gasteiger partial charge in [0.1, 0.15) is 0 Å². The fourth-order valence-electron chi connectivity index (χ4n) is 3.46. The average Bonchev–Trinajstić information content (AvgIpc) is 3.12. The van der Waals surface area contributed by atoms with Crippen molar-refractivity contribution in [3.05, 3.63) is 47.3 Å². The van der Waals surface area contributed by atoms with Crippen LogP contribution in [0.25, 0.3) is 0 Å². The number of nitrogens with zero attached hydrogens (tertiary/aromatic N) is 4. The van der Waals surface area contributed by atoms with Gasteiger partial charge in [-0.05, 0) is 23.1 Å². The third kappa shape index (κ3) is 3.94. The Morgan fingerprint density at radius 1 is 1.11 bits per heavy atom. The zero-order valence-corrected chi connectivity index (χ0v) is 16.7. The number of morpholine rings is 1. The third-order valence-electron chi connectivity index (χ3n) is 5.23. The van der Waals surface area contributed by atoms with Crippen LogP contribution in [-0.2, 0) is 23.2 Å². The Balaban J connectivity index is 1.40. The fourth-order valence-corrected chi connectivity index (χ4v) is 3.46. The minimum atomic E-state index is -0.116. The lowest BCUT2D eigenvalue weighted by atomic mass is 9.87. The molecule has 2 amide bonds. The molecular weight excluding hydrogens is 354 g/mol. The van der Waals surface area contributed by atoms with Crippen molar-refractivity contribution in [2.24, 2.45) is 0 Å². The van der Waals surface area contributed by atoms with Crippen LogP contribution in [0, 0.1) is 0 Å². The Morgan fingerprint density at radius 2 is 1.82 bits per heavy atom. The molecule has 1 aromatic carbocycles. The molecule has 0 aliphatic carbocycles. The average molecular weight is 381 g/mol. The number of nitrogens with one attached hydrogen (secondary N) is 1. The second-order valence-corrected chi connectivity index (χ2v) is 8.35. The highest BCUT2D eigenvalue weighted by Crippen LogP contribution is 2.25. The minimum absolute atomic E-state index is 0.0932. The first-order valence-electron chi connectivity index (χ1n) is 9.74. The van der Waals surface area contributed by atoms with Gasteiger partial charge in [0.05, 0.1) is 32.0 Å². The van der Waals surface area contributed by atoms with Crippen LogP contribution in [0.3, 0.4) is 0 Å². The number of carbonyl (C=O) groups excluding carboxylic acids is 1. The molecule has 0 unspecified atom stereocenters. The number of benzene rings is 1. The van der Waals surface area contributed by atoms with Crippen LogP contribution in [0.2, 0.25) is 0 Å². The lowest BCUT2D eigenvalue weighted by Gasteiger charge is -2.26. The van der Waals surface area contributed by atoms with Gasteiger partial charge in [-0.2, -0.15) is 0 Å². The number of fused-ring (bicyclic) bond motifs is 1. The van der Waals surface area contributed by atoms with E-state index in [1.807, 2.05) is 18.3 Å². The molecule has 4 rings (SSSR count). The third-order valence-corrected chi connectivity index (χ3v) is 5.23. The number of hydrogen-bond donors (Lipinski definition) is 1. The van der Waals surface area contributed by atoms with Crippen LogP contribution < -0.4 is 10.2 Å². The van der Waals surface area contributed by atoms with E-state index in [0.717, 1.165) is 36.0 Å². The van der Waals surface area contributed by atoms with Crippen molar-refractivity contribution in [3.63, 3.8) is 0 Å². The highest BCUT2D eigenvalue weighted by Gasteiger charge is 2.26. The zero-order valence-electron chi connectivity index (χ0n) is 16.7. The molecule has 0 bridgehead atoms. The molecule has 3 heterocycles. The van der Waals surface area contributed by atoms with E-state index < -0.39 is 0 Å². The number of aromatic nitrogens is 2. The molecule has 0 spiro atoms. The summed E-state index contributed by atoms with van der Waals surface area (Å²) in [6.45, 7) is 10.6. The summed E-state index contributed by atoms with van der Waals surface area (Å²) in [5.74, 6) is 0.724. The first kappa shape index (κ1) is 18.7. The summed E-state index contributed by atoms with van der Waals surface area (Å²) in [6, 6.07) is 7.92. The summed E-state index contributed by atoms with van der Waals surface area (Å²) in [6.07, 6.45) is 1.85. The SMILES string of the molecule is CC(C)(C)c1ccc(NC(=O)N2Cc3cnc(N4CCOCC4)nc3C2)cc1. The van der Waals surface area contributed by atoms with Gasteiger partial charge < -0.3 is 19.9 Å². The van der Waals surface area contributed by atoms with Gasteiger partial charge in [-0.15, -0.1) is 0 Å². The smallest absolute Gasteiger partial charge is 0.322 e. The van der Waals surface area contributed by atoms with Crippen LogP contribution in [-0.4, -0.2) is 47.2 Å². The standard InChI is InChI=1S/C21H27N5O2/c1-21(2,3)16-4-6-17(7-5-16)23-20(27)26-13-15-12-22-19(24-18(15)14-26)25-8-10-28-11-9-25/h4-7,12H,8-11,13-14H2,1-3H3,(H,23,27). The number of anilines is 2. The van der Waals surface area contributed by atoms with E-state index in [4.69, 9.17) is 9.72 Å². The molecule has 0 saturated carbocycles. The van der Waals surface area contributed by atoms with Gasteiger partial charge >= 0.3 is 6.03 Å². The predicted octanol–water partition coefficient (Wildman–Crippen LogP) is 3.16. The van der Waals surface area contributed by atoms with Gasteiger partial charge in [0.2, 0.25) is 5.95 Å². The minimum Gasteiger partial charge on any atom is -0.378 e. The molecule has 2 aliphatic heterocycles. The quantitative estimate of drug-likeness (QED) is 0.865. The summed E-state index contributed by atoms with van der Waals surface area (Å²) in [5.41, 5.74) is 4.07. The van der Waals surface area contributed by atoms with Crippen molar-refractivity contribution in [2.45, 2.75) is 39.3 Å². The largest absolute Gasteiger partial charge is 0.378 e. The number of ether oxygens (including phenoxy) is 1. The fraction of sp³-hybridized carbons (Fsp3) is 0.476. The number of hydrogen-bond acceptors (Lipinski definition) is 5. The highest BCUT2D eigenvalue weighted by atomic mass is 16.5. The summed E-state index contributed by atoms with van der Waals surface area (Å²) >= 11 is 0. The molecule has 7 heteroatoms. The number of carbonyl (C=O) groups is 1. The lowest BCUT2D eigenvalue weighted by molar-refractivity contribution is 0.122. The molecule has 1 saturated heterocycles. The van der Waals surface area contributed by atoms with Crippen LogP contribution in [0.5, 0.6) is 0 Å². The van der Waals surface area contributed by atoms with Crippen molar-refractivity contribution >= 4 is 17.7 Å². The summed E-state index contributed by atoms with van der Waals surface area (Å²) in [7, 11) is 0. The van der Waals surface area contributed by atoms with E-state index in [1.54, 1.807) is 4.90 Å². The molecule has 1 fully saturated rings. The van der Waals surface area contributed by atoms with Crippen molar-refractivity contribution in [3.8, 4) is 0 Å². The van der Waals surface area contributed by atoms with Crippen LogP contribution in [0.4, 0.5) is 16.4 Å². The molecule has 2 aromatic rings. The van der Waals surface area contributed by atoms with Gasteiger partial charge in [-0.25, -0.2) is 14.8 Å². The van der Waals surface area contributed by atoms with Crippen molar-refractivity contribution in [1.82, 2.24) is 14.9 Å². The Morgan fingerprint density at radius 3 is 2.50 bits per heavy atom. The van der Waals surface area contributed by atoms with E-state index in [2.05, 4.69) is 48.1 Å². The topological polar surface area (TPSA) is 70.6 Å². The maximum absolute atomic E-state index is 12.7. The van der Waals surface area contributed by atoms with Crippen LogP contribution in [0.1, 0.15) is 37.6 Å². The first-order chi connectivity index (χ1) is 13.4. The van der Waals surface area contributed by atoms with Crippen molar-refractivity contribution in [2.75, 3.05) is 36.5 Å². The second kappa shape index (κ2) is 7.39. The van der Waals surface area contributed by atoms with E-state index in [0.29, 0.717) is 26.3 Å². The summed E-state index contributed by atoms with van der Waals surface area (Å²) in [4.78, 5) is 25.8. The second-order valence-electron chi connectivity index (χ2n) is 8.35. The normalized spacial score (nSPS) is 16.8. The maximum atomic E-state index is 12.7. The molecule has 7 nitrogen and oxygen atoms in total. The maximum Gasteiger partial charge on any atom is 0.322 e. The molecular formula is C21H27N5O2. The van der Waals surface area contributed by atoms with Crippen LogP contribution in [0.15, 0.2) is 30.5 Å². The summed E-state index contributed by atoms with van der Waals surface area (Å²) in [5, 5.41) is 2.99. The van der Waals surface area contributed by atoms with Gasteiger partial charge in [0.25, 0.3) is 0 Å². The van der Waals surface area contributed by atoms with E-state index in [1.165, 1.54) is 5.56 Å².